The lowest BCUT2D eigenvalue weighted by atomic mass is 9.81. The minimum atomic E-state index is -0.204. The summed E-state index contributed by atoms with van der Waals surface area (Å²) in [5.74, 6) is 1.41. The van der Waals surface area contributed by atoms with E-state index in [1.807, 2.05) is 4.90 Å². The van der Waals surface area contributed by atoms with Gasteiger partial charge in [0.25, 0.3) is 5.91 Å². The predicted octanol–water partition coefficient (Wildman–Crippen LogP) is 4.68. The first-order chi connectivity index (χ1) is 16.4. The number of nitrogens with one attached hydrogen (secondary N) is 1. The van der Waals surface area contributed by atoms with Gasteiger partial charge in [0.15, 0.2) is 11.5 Å². The lowest BCUT2D eigenvalue weighted by molar-refractivity contribution is 0.0675. The Kier molecular flexibility index (Phi) is 5.42. The number of rotatable bonds is 4. The Bertz CT molecular complexity index is 1230. The molecule has 0 radical (unpaired) electrons. The molecule has 178 valence electrons. The van der Waals surface area contributed by atoms with Gasteiger partial charge in [0, 0.05) is 30.5 Å². The molecule has 2 aromatic carbocycles. The van der Waals surface area contributed by atoms with Gasteiger partial charge < -0.3 is 29.0 Å². The highest BCUT2D eigenvalue weighted by Gasteiger charge is 2.43. The van der Waals surface area contributed by atoms with Gasteiger partial charge in [0.1, 0.15) is 0 Å². The van der Waals surface area contributed by atoms with Gasteiger partial charge in [0.05, 0.1) is 38.2 Å². The Labute approximate surface area is 200 Å². The van der Waals surface area contributed by atoms with Crippen LogP contribution in [0.25, 0.3) is 5.69 Å². The van der Waals surface area contributed by atoms with E-state index in [2.05, 4.69) is 54.2 Å². The van der Waals surface area contributed by atoms with Gasteiger partial charge in [-0.05, 0) is 68.1 Å². The van der Waals surface area contributed by atoms with Gasteiger partial charge in [-0.3, -0.25) is 4.79 Å². The minimum absolute atomic E-state index is 0.0350. The number of carbonyl (C=O) groups excluding carboxylic acids is 1. The summed E-state index contributed by atoms with van der Waals surface area (Å²) in [4.78, 5) is 15.3. The van der Waals surface area contributed by atoms with Crippen molar-refractivity contribution in [2.45, 2.75) is 32.2 Å². The largest absolute Gasteiger partial charge is 0.493 e. The van der Waals surface area contributed by atoms with Crippen molar-refractivity contribution in [2.75, 3.05) is 39.7 Å². The molecule has 0 aliphatic carbocycles. The van der Waals surface area contributed by atoms with Crippen LogP contribution in [-0.2, 0) is 5.54 Å². The quantitative estimate of drug-likeness (QED) is 0.611. The zero-order valence-corrected chi connectivity index (χ0v) is 20.4. The zero-order valence-electron chi connectivity index (χ0n) is 20.4. The van der Waals surface area contributed by atoms with Crippen LogP contribution in [-0.4, -0.2) is 49.8 Å². The summed E-state index contributed by atoms with van der Waals surface area (Å²) in [6.07, 6.45) is 3.79. The van der Waals surface area contributed by atoms with Gasteiger partial charge in [-0.25, -0.2) is 0 Å². The first kappa shape index (κ1) is 22.2. The number of benzene rings is 2. The van der Waals surface area contributed by atoms with E-state index in [1.165, 1.54) is 22.5 Å². The maximum Gasteiger partial charge on any atom is 0.254 e. The second-order valence-corrected chi connectivity index (χ2v) is 9.08. The van der Waals surface area contributed by atoms with E-state index in [-0.39, 0.29) is 11.4 Å². The number of ether oxygens (including phenoxy) is 3. The summed E-state index contributed by atoms with van der Waals surface area (Å²) in [5, 5.41) is 3.86. The minimum Gasteiger partial charge on any atom is -0.493 e. The second-order valence-electron chi connectivity index (χ2n) is 9.08. The molecular formula is C27H31N3O4. The van der Waals surface area contributed by atoms with E-state index >= 15 is 0 Å². The van der Waals surface area contributed by atoms with Crippen molar-refractivity contribution >= 4 is 11.6 Å². The highest BCUT2D eigenvalue weighted by Crippen LogP contribution is 2.45. The Morgan fingerprint density at radius 2 is 1.65 bits per heavy atom. The molecular weight excluding hydrogens is 430 g/mol. The fourth-order valence-corrected chi connectivity index (χ4v) is 5.36. The first-order valence-electron chi connectivity index (χ1n) is 11.6. The van der Waals surface area contributed by atoms with Crippen molar-refractivity contribution in [2.24, 2.45) is 0 Å². The lowest BCUT2D eigenvalue weighted by Crippen LogP contribution is -2.51. The third kappa shape index (κ3) is 3.30. The van der Waals surface area contributed by atoms with E-state index < -0.39 is 0 Å². The first-order valence-corrected chi connectivity index (χ1v) is 11.6. The number of piperidine rings is 1. The Morgan fingerprint density at radius 3 is 2.26 bits per heavy atom. The monoisotopic (exact) mass is 461 g/mol. The molecule has 3 heterocycles. The molecule has 5 rings (SSSR count). The number of carbonyl (C=O) groups is 1. The van der Waals surface area contributed by atoms with Crippen LogP contribution in [0, 0.1) is 13.8 Å². The molecule has 7 heteroatoms. The highest BCUT2D eigenvalue weighted by atomic mass is 16.5. The number of hydrogen-bond donors (Lipinski definition) is 1. The Hall–Kier alpha value is -3.61. The van der Waals surface area contributed by atoms with Crippen molar-refractivity contribution in [3.63, 3.8) is 0 Å². The fraction of sp³-hybridized carbons (Fsp3) is 0.370. The number of aryl methyl sites for hydroxylation is 1. The molecule has 2 aliphatic rings. The van der Waals surface area contributed by atoms with Crippen molar-refractivity contribution < 1.29 is 19.0 Å². The van der Waals surface area contributed by atoms with Gasteiger partial charge in [-0.2, -0.15) is 0 Å². The fourth-order valence-electron chi connectivity index (χ4n) is 5.36. The molecule has 0 unspecified atom stereocenters. The molecule has 1 saturated heterocycles. The Balaban J connectivity index is 1.41. The topological polar surface area (TPSA) is 65.0 Å². The number of aromatic nitrogens is 1. The maximum atomic E-state index is 13.4. The van der Waals surface area contributed by atoms with Crippen LogP contribution >= 0.6 is 0 Å². The van der Waals surface area contributed by atoms with Crippen LogP contribution < -0.4 is 19.5 Å². The number of hydrogen-bond acceptors (Lipinski definition) is 5. The molecule has 0 atom stereocenters. The molecule has 7 nitrogen and oxygen atoms in total. The van der Waals surface area contributed by atoms with E-state index in [1.54, 1.807) is 33.5 Å². The molecule has 0 saturated carbocycles. The van der Waals surface area contributed by atoms with Crippen LogP contribution in [0.5, 0.6) is 17.2 Å². The molecule has 1 amide bonds. The van der Waals surface area contributed by atoms with Gasteiger partial charge in [-0.15, -0.1) is 0 Å². The number of fused-ring (bicyclic) bond motifs is 4. The van der Waals surface area contributed by atoms with E-state index in [0.717, 1.165) is 18.5 Å². The van der Waals surface area contributed by atoms with Crippen LogP contribution in [0.3, 0.4) is 0 Å². The number of likely N-dealkylation sites (tertiary alicyclic amines) is 1. The summed E-state index contributed by atoms with van der Waals surface area (Å²) in [5.41, 5.74) is 6.52. The summed E-state index contributed by atoms with van der Waals surface area (Å²) in [7, 11) is 4.67. The third-order valence-electron chi connectivity index (χ3n) is 7.37. The SMILES string of the molecule is COc1cc(C(=O)N2CCC3(CC2)Nc2ccc(C)c(C)c2-n2cccc23)cc(OC)c1OC. The zero-order chi connectivity index (χ0) is 24.0. The number of nitrogens with zero attached hydrogens (tertiary/aromatic N) is 2. The standard InChI is InChI=1S/C27H31N3O4/c1-17-8-9-20-24(18(17)2)30-12-6-7-23(30)27(28-20)10-13-29(14-11-27)26(31)19-15-21(32-3)25(34-5)22(16-19)33-4/h6-9,12,15-16,28H,10-11,13-14H2,1-5H3. The summed E-state index contributed by atoms with van der Waals surface area (Å²) >= 11 is 0. The molecule has 34 heavy (non-hydrogen) atoms. The molecule has 1 N–H and O–H groups in total. The number of methoxy groups -OCH3 is 3. The molecule has 1 fully saturated rings. The molecule has 2 aliphatic heterocycles. The second kappa shape index (κ2) is 8.31. The van der Waals surface area contributed by atoms with Crippen molar-refractivity contribution in [1.82, 2.24) is 9.47 Å². The van der Waals surface area contributed by atoms with E-state index in [9.17, 15) is 4.79 Å². The van der Waals surface area contributed by atoms with Crippen LogP contribution in [0.15, 0.2) is 42.6 Å². The number of anilines is 1. The third-order valence-corrected chi connectivity index (χ3v) is 7.37. The van der Waals surface area contributed by atoms with Crippen molar-refractivity contribution in [3.8, 4) is 22.9 Å². The van der Waals surface area contributed by atoms with Crippen LogP contribution in [0.1, 0.15) is 40.0 Å². The van der Waals surface area contributed by atoms with E-state index in [0.29, 0.717) is 35.9 Å². The van der Waals surface area contributed by atoms with Gasteiger partial charge in [-0.1, -0.05) is 6.07 Å². The van der Waals surface area contributed by atoms with Gasteiger partial charge >= 0.3 is 0 Å². The van der Waals surface area contributed by atoms with Crippen molar-refractivity contribution in [3.05, 3.63) is 65.0 Å². The number of amides is 1. The molecule has 1 aromatic heterocycles. The summed E-state index contributed by atoms with van der Waals surface area (Å²) in [6.45, 7) is 5.62. The highest BCUT2D eigenvalue weighted by molar-refractivity contribution is 5.95. The predicted molar refractivity (Wildman–Crippen MR) is 132 cm³/mol. The van der Waals surface area contributed by atoms with E-state index in [4.69, 9.17) is 14.2 Å². The lowest BCUT2D eigenvalue weighted by Gasteiger charge is -2.46. The Morgan fingerprint density at radius 1 is 0.971 bits per heavy atom. The summed E-state index contributed by atoms with van der Waals surface area (Å²) in [6, 6.07) is 12.1. The smallest absolute Gasteiger partial charge is 0.254 e. The van der Waals surface area contributed by atoms with Crippen LogP contribution in [0.2, 0.25) is 0 Å². The van der Waals surface area contributed by atoms with Gasteiger partial charge in [0.2, 0.25) is 5.75 Å². The molecule has 1 spiro atoms. The summed E-state index contributed by atoms with van der Waals surface area (Å²) < 4.78 is 18.6. The molecule has 3 aromatic rings. The average Bonchev–Trinajstić information content (AvgIpc) is 3.36. The van der Waals surface area contributed by atoms with Crippen molar-refractivity contribution in [1.29, 1.82) is 0 Å². The normalized spacial score (nSPS) is 15.9. The average molecular weight is 462 g/mol. The van der Waals surface area contributed by atoms with Crippen LogP contribution in [0.4, 0.5) is 5.69 Å². The maximum absolute atomic E-state index is 13.4. The molecule has 0 bridgehead atoms.